The lowest BCUT2D eigenvalue weighted by molar-refractivity contribution is 0.312. The van der Waals surface area contributed by atoms with Crippen molar-refractivity contribution in [2.24, 2.45) is 4.99 Å². The maximum Gasteiger partial charge on any atom is 0.191 e. The number of nitrogens with one attached hydrogen (secondary N) is 2. The highest BCUT2D eigenvalue weighted by Crippen LogP contribution is 2.20. The van der Waals surface area contributed by atoms with Gasteiger partial charge >= 0.3 is 0 Å². The second-order valence-corrected chi connectivity index (χ2v) is 7.67. The van der Waals surface area contributed by atoms with Gasteiger partial charge in [0.25, 0.3) is 0 Å². The molecular weight excluding hydrogens is 395 g/mol. The Labute approximate surface area is 176 Å². The van der Waals surface area contributed by atoms with Crippen LogP contribution in [0.3, 0.4) is 0 Å². The van der Waals surface area contributed by atoms with Crippen LogP contribution < -0.4 is 15.5 Å². The lowest BCUT2D eigenvalue weighted by Crippen LogP contribution is -2.44. The molecule has 0 spiro atoms. The summed E-state index contributed by atoms with van der Waals surface area (Å²) >= 11 is 12.2. The Hall–Kier alpha value is -2.02. The number of aromatic nitrogens is 1. The number of anilines is 1. The van der Waals surface area contributed by atoms with E-state index in [0.29, 0.717) is 29.1 Å². The van der Waals surface area contributed by atoms with E-state index in [-0.39, 0.29) is 0 Å². The number of benzene rings is 1. The number of rotatable bonds is 5. The van der Waals surface area contributed by atoms with E-state index in [9.17, 15) is 0 Å². The molecule has 1 aliphatic heterocycles. The zero-order chi connectivity index (χ0) is 19.9. The topological polar surface area (TPSA) is 55.8 Å². The summed E-state index contributed by atoms with van der Waals surface area (Å²) in [6.07, 6.45) is 1.87. The van der Waals surface area contributed by atoms with Gasteiger partial charge in [-0.1, -0.05) is 29.3 Å². The maximum atomic E-state index is 6.23. The molecule has 1 aliphatic rings. The van der Waals surface area contributed by atoms with Crippen LogP contribution in [0.5, 0.6) is 0 Å². The van der Waals surface area contributed by atoms with Gasteiger partial charge < -0.3 is 20.4 Å². The van der Waals surface area contributed by atoms with Gasteiger partial charge in [-0.3, -0.25) is 4.99 Å². The van der Waals surface area contributed by atoms with E-state index in [4.69, 9.17) is 23.2 Å². The smallest absolute Gasteiger partial charge is 0.191 e. The fraction of sp³-hybridized carbons (Fsp3) is 0.400. The number of hydrogen-bond acceptors (Lipinski definition) is 4. The third kappa shape index (κ3) is 5.74. The summed E-state index contributed by atoms with van der Waals surface area (Å²) in [6.45, 7) is 5.37. The minimum absolute atomic E-state index is 0.568. The number of guanidine groups is 1. The van der Waals surface area contributed by atoms with Gasteiger partial charge in [-0.05, 0) is 42.4 Å². The standard InChI is InChI=1S/C20H26Cl2N6/c1-23-20(26-14-16-3-4-17(21)12-18(16)22)25-13-15-5-6-24-19(11-15)28-9-7-27(2)8-10-28/h3-6,11-12H,7-10,13-14H2,1-2H3,(H2,23,25,26). The van der Waals surface area contributed by atoms with Gasteiger partial charge in [0.15, 0.2) is 5.96 Å². The van der Waals surface area contributed by atoms with Crippen LogP contribution in [0.4, 0.5) is 5.82 Å². The zero-order valence-corrected chi connectivity index (χ0v) is 17.8. The molecule has 2 aromatic rings. The van der Waals surface area contributed by atoms with E-state index in [0.717, 1.165) is 43.1 Å². The lowest BCUT2D eigenvalue weighted by Gasteiger charge is -2.33. The minimum Gasteiger partial charge on any atom is -0.354 e. The quantitative estimate of drug-likeness (QED) is 0.574. The molecule has 0 amide bonds. The average Bonchev–Trinajstić information content (AvgIpc) is 2.70. The molecule has 0 aliphatic carbocycles. The van der Waals surface area contributed by atoms with Crippen LogP contribution in [0.1, 0.15) is 11.1 Å². The predicted molar refractivity (Wildman–Crippen MR) is 117 cm³/mol. The summed E-state index contributed by atoms with van der Waals surface area (Å²) < 4.78 is 0. The summed E-state index contributed by atoms with van der Waals surface area (Å²) in [5.74, 6) is 1.74. The molecule has 8 heteroatoms. The summed E-state index contributed by atoms with van der Waals surface area (Å²) in [5.41, 5.74) is 2.13. The van der Waals surface area contributed by atoms with Crippen molar-refractivity contribution in [1.82, 2.24) is 20.5 Å². The highest BCUT2D eigenvalue weighted by molar-refractivity contribution is 6.35. The van der Waals surface area contributed by atoms with E-state index in [1.807, 2.05) is 24.4 Å². The summed E-state index contributed by atoms with van der Waals surface area (Å²) in [5, 5.41) is 7.89. The van der Waals surface area contributed by atoms with Gasteiger partial charge in [-0.25, -0.2) is 4.98 Å². The highest BCUT2D eigenvalue weighted by Gasteiger charge is 2.15. The van der Waals surface area contributed by atoms with E-state index in [1.54, 1.807) is 13.1 Å². The molecule has 2 heterocycles. The van der Waals surface area contributed by atoms with Gasteiger partial charge in [-0.15, -0.1) is 0 Å². The monoisotopic (exact) mass is 420 g/mol. The number of likely N-dealkylation sites (N-methyl/N-ethyl adjacent to an activating group) is 1. The van der Waals surface area contributed by atoms with Crippen LogP contribution in [0.15, 0.2) is 41.5 Å². The maximum absolute atomic E-state index is 6.23. The van der Waals surface area contributed by atoms with Crippen molar-refractivity contribution < 1.29 is 0 Å². The fourth-order valence-electron chi connectivity index (χ4n) is 3.03. The number of nitrogens with zero attached hydrogens (tertiary/aromatic N) is 4. The van der Waals surface area contributed by atoms with Gasteiger partial charge in [0.1, 0.15) is 5.82 Å². The molecule has 150 valence electrons. The van der Waals surface area contributed by atoms with E-state index < -0.39 is 0 Å². The van der Waals surface area contributed by atoms with Crippen LogP contribution in [-0.4, -0.2) is 56.1 Å². The van der Waals surface area contributed by atoms with Gasteiger partial charge in [-0.2, -0.15) is 0 Å². The molecule has 3 rings (SSSR count). The molecule has 0 radical (unpaired) electrons. The SMILES string of the molecule is CN=C(NCc1ccnc(N2CCN(C)CC2)c1)NCc1ccc(Cl)cc1Cl. The van der Waals surface area contributed by atoms with Crippen LogP contribution in [-0.2, 0) is 13.1 Å². The molecule has 0 saturated carbocycles. The second-order valence-electron chi connectivity index (χ2n) is 6.83. The first kappa shape index (κ1) is 20.7. The minimum atomic E-state index is 0.568. The highest BCUT2D eigenvalue weighted by atomic mass is 35.5. The van der Waals surface area contributed by atoms with Crippen molar-refractivity contribution >= 4 is 35.0 Å². The van der Waals surface area contributed by atoms with Gasteiger partial charge in [0, 0.05) is 62.6 Å². The van der Waals surface area contributed by atoms with Crippen LogP contribution >= 0.6 is 23.2 Å². The van der Waals surface area contributed by atoms with Crippen molar-refractivity contribution in [2.45, 2.75) is 13.1 Å². The fourth-order valence-corrected chi connectivity index (χ4v) is 3.50. The Morgan fingerprint density at radius 1 is 1.07 bits per heavy atom. The number of pyridine rings is 1. The van der Waals surface area contributed by atoms with Crippen LogP contribution in [0.2, 0.25) is 10.0 Å². The molecular formula is C20H26Cl2N6. The molecule has 1 saturated heterocycles. The third-order valence-corrected chi connectivity index (χ3v) is 5.37. The summed E-state index contributed by atoms with van der Waals surface area (Å²) in [4.78, 5) is 13.5. The molecule has 2 N–H and O–H groups in total. The average molecular weight is 421 g/mol. The van der Waals surface area contributed by atoms with E-state index in [2.05, 4.69) is 43.5 Å². The number of piperazine rings is 1. The van der Waals surface area contributed by atoms with Gasteiger partial charge in [0.2, 0.25) is 0 Å². The zero-order valence-electron chi connectivity index (χ0n) is 16.3. The summed E-state index contributed by atoms with van der Waals surface area (Å²) in [7, 11) is 3.90. The molecule has 1 aromatic heterocycles. The molecule has 0 bridgehead atoms. The molecule has 0 unspecified atom stereocenters. The molecule has 0 atom stereocenters. The third-order valence-electron chi connectivity index (χ3n) is 4.78. The number of halogens is 2. The Bertz CT molecular complexity index is 818. The Balaban J connectivity index is 1.54. The van der Waals surface area contributed by atoms with Crippen molar-refractivity contribution in [3.8, 4) is 0 Å². The normalized spacial score (nSPS) is 15.6. The largest absolute Gasteiger partial charge is 0.354 e. The van der Waals surface area contributed by atoms with E-state index >= 15 is 0 Å². The van der Waals surface area contributed by atoms with E-state index in [1.165, 1.54) is 0 Å². The van der Waals surface area contributed by atoms with Crippen molar-refractivity contribution in [1.29, 1.82) is 0 Å². The Morgan fingerprint density at radius 3 is 2.54 bits per heavy atom. The van der Waals surface area contributed by atoms with Crippen molar-refractivity contribution in [3.05, 3.63) is 57.7 Å². The first-order valence-corrected chi connectivity index (χ1v) is 10.1. The summed E-state index contributed by atoms with van der Waals surface area (Å²) in [6, 6.07) is 9.65. The van der Waals surface area contributed by atoms with Crippen molar-refractivity contribution in [2.75, 3.05) is 45.2 Å². The molecule has 6 nitrogen and oxygen atoms in total. The number of aliphatic imine (C=N–C) groups is 1. The predicted octanol–water partition coefficient (Wildman–Crippen LogP) is 3.01. The van der Waals surface area contributed by atoms with Crippen LogP contribution in [0, 0.1) is 0 Å². The van der Waals surface area contributed by atoms with Crippen molar-refractivity contribution in [3.63, 3.8) is 0 Å². The lowest BCUT2D eigenvalue weighted by atomic mass is 10.2. The Kier molecular flexibility index (Phi) is 7.36. The Morgan fingerprint density at radius 2 is 1.82 bits per heavy atom. The number of hydrogen-bond donors (Lipinski definition) is 2. The first-order valence-electron chi connectivity index (χ1n) is 9.32. The molecule has 1 aromatic carbocycles. The van der Waals surface area contributed by atoms with Gasteiger partial charge in [0.05, 0.1) is 0 Å². The van der Waals surface area contributed by atoms with Crippen LogP contribution in [0.25, 0.3) is 0 Å². The molecule has 28 heavy (non-hydrogen) atoms. The molecule has 1 fully saturated rings. The second kappa shape index (κ2) is 9.96. The first-order chi connectivity index (χ1) is 13.5.